The van der Waals surface area contributed by atoms with Crippen molar-refractivity contribution in [2.75, 3.05) is 13.2 Å². The minimum Gasteiger partial charge on any atom is -0.482 e. The van der Waals surface area contributed by atoms with Crippen molar-refractivity contribution >= 4 is 22.8 Å². The third-order valence-electron chi connectivity index (χ3n) is 1.74. The average Bonchev–Trinajstić information content (AvgIpc) is 2.27. The molecule has 0 saturated heterocycles. The third kappa shape index (κ3) is 3.90. The van der Waals surface area contributed by atoms with Crippen LogP contribution in [0.4, 0.5) is 0 Å². The SMILES string of the molecule is CCOC(=O)COc1ccc(C(=O)Cl)cc1. The molecule has 1 aromatic rings. The Kier molecular flexibility index (Phi) is 4.79. The summed E-state index contributed by atoms with van der Waals surface area (Å²) in [5.41, 5.74) is 0.380. The summed E-state index contributed by atoms with van der Waals surface area (Å²) in [6.45, 7) is 1.89. The minimum atomic E-state index is -0.531. The number of ether oxygens (including phenoxy) is 2. The molecular weight excluding hydrogens is 232 g/mol. The molecule has 0 aliphatic heterocycles. The summed E-state index contributed by atoms with van der Waals surface area (Å²) < 4.78 is 9.81. The van der Waals surface area contributed by atoms with E-state index in [0.717, 1.165) is 0 Å². The zero-order valence-corrected chi connectivity index (χ0v) is 9.49. The summed E-state index contributed by atoms with van der Waals surface area (Å²) in [7, 11) is 0. The van der Waals surface area contributed by atoms with E-state index >= 15 is 0 Å². The van der Waals surface area contributed by atoms with Gasteiger partial charge in [0, 0.05) is 5.56 Å². The Balaban J connectivity index is 2.49. The molecule has 0 bridgehead atoms. The summed E-state index contributed by atoms with van der Waals surface area (Å²) in [5.74, 6) is 0.0507. The molecule has 86 valence electrons. The first-order valence-corrected chi connectivity index (χ1v) is 5.09. The van der Waals surface area contributed by atoms with Crippen LogP contribution in [-0.2, 0) is 9.53 Å². The lowest BCUT2D eigenvalue weighted by molar-refractivity contribution is -0.145. The molecule has 0 N–H and O–H groups in total. The molecule has 0 radical (unpaired) electrons. The highest BCUT2D eigenvalue weighted by Gasteiger charge is 2.04. The third-order valence-corrected chi connectivity index (χ3v) is 1.96. The summed E-state index contributed by atoms with van der Waals surface area (Å²) in [6, 6.07) is 6.18. The largest absolute Gasteiger partial charge is 0.482 e. The van der Waals surface area contributed by atoms with E-state index in [2.05, 4.69) is 4.74 Å². The van der Waals surface area contributed by atoms with Crippen molar-refractivity contribution in [3.05, 3.63) is 29.8 Å². The fourth-order valence-corrected chi connectivity index (χ4v) is 1.15. The van der Waals surface area contributed by atoms with E-state index in [1.165, 1.54) is 12.1 Å². The van der Waals surface area contributed by atoms with Crippen molar-refractivity contribution in [1.29, 1.82) is 0 Å². The van der Waals surface area contributed by atoms with E-state index in [4.69, 9.17) is 16.3 Å². The molecule has 0 unspecified atom stereocenters. The Morgan fingerprint density at radius 1 is 1.25 bits per heavy atom. The highest BCUT2D eigenvalue weighted by Crippen LogP contribution is 2.13. The van der Waals surface area contributed by atoms with Crippen LogP contribution in [0.1, 0.15) is 17.3 Å². The Hall–Kier alpha value is -1.55. The Labute approximate surface area is 98.1 Å². The van der Waals surface area contributed by atoms with Crippen molar-refractivity contribution in [3.63, 3.8) is 0 Å². The molecule has 0 aliphatic rings. The van der Waals surface area contributed by atoms with Gasteiger partial charge in [0.05, 0.1) is 6.61 Å². The Morgan fingerprint density at radius 2 is 1.88 bits per heavy atom. The van der Waals surface area contributed by atoms with Crippen LogP contribution in [0.5, 0.6) is 5.75 Å². The molecular formula is C11H11ClO4. The molecule has 0 heterocycles. The van der Waals surface area contributed by atoms with Gasteiger partial charge in [-0.05, 0) is 42.8 Å². The number of halogens is 1. The van der Waals surface area contributed by atoms with Crippen LogP contribution in [0.15, 0.2) is 24.3 Å². The van der Waals surface area contributed by atoms with Crippen molar-refractivity contribution < 1.29 is 19.1 Å². The summed E-state index contributed by atoms with van der Waals surface area (Å²) in [6.07, 6.45) is 0. The summed E-state index contributed by atoms with van der Waals surface area (Å²) in [5, 5.41) is -0.531. The zero-order valence-electron chi connectivity index (χ0n) is 8.73. The number of benzene rings is 1. The average molecular weight is 243 g/mol. The molecule has 0 fully saturated rings. The van der Waals surface area contributed by atoms with Gasteiger partial charge in [0.25, 0.3) is 5.24 Å². The first-order chi connectivity index (χ1) is 7.63. The molecule has 0 amide bonds. The van der Waals surface area contributed by atoms with Gasteiger partial charge in [-0.25, -0.2) is 4.79 Å². The first kappa shape index (κ1) is 12.5. The van der Waals surface area contributed by atoms with E-state index in [1.807, 2.05) is 0 Å². The van der Waals surface area contributed by atoms with E-state index in [0.29, 0.717) is 17.9 Å². The molecule has 16 heavy (non-hydrogen) atoms. The smallest absolute Gasteiger partial charge is 0.344 e. The summed E-state index contributed by atoms with van der Waals surface area (Å²) >= 11 is 5.27. The highest BCUT2D eigenvalue weighted by atomic mass is 35.5. The first-order valence-electron chi connectivity index (χ1n) is 4.71. The van der Waals surface area contributed by atoms with E-state index in [-0.39, 0.29) is 6.61 Å². The van der Waals surface area contributed by atoms with E-state index in [1.54, 1.807) is 19.1 Å². The fraction of sp³-hybridized carbons (Fsp3) is 0.273. The van der Waals surface area contributed by atoms with Crippen molar-refractivity contribution in [1.82, 2.24) is 0 Å². The maximum atomic E-state index is 11.0. The van der Waals surface area contributed by atoms with E-state index in [9.17, 15) is 9.59 Å². The minimum absolute atomic E-state index is 0.151. The second kappa shape index (κ2) is 6.12. The van der Waals surface area contributed by atoms with Gasteiger partial charge in [0.2, 0.25) is 0 Å². The maximum absolute atomic E-state index is 11.0. The van der Waals surface area contributed by atoms with Crippen molar-refractivity contribution in [2.45, 2.75) is 6.92 Å². The van der Waals surface area contributed by atoms with Gasteiger partial charge in [-0.3, -0.25) is 4.79 Å². The van der Waals surface area contributed by atoms with Crippen LogP contribution >= 0.6 is 11.6 Å². The predicted molar refractivity (Wildman–Crippen MR) is 58.8 cm³/mol. The van der Waals surface area contributed by atoms with Crippen molar-refractivity contribution in [2.24, 2.45) is 0 Å². The molecule has 1 aromatic carbocycles. The zero-order chi connectivity index (χ0) is 12.0. The number of esters is 1. The quantitative estimate of drug-likeness (QED) is 0.585. The highest BCUT2D eigenvalue weighted by molar-refractivity contribution is 6.67. The maximum Gasteiger partial charge on any atom is 0.344 e. The molecule has 4 nitrogen and oxygen atoms in total. The van der Waals surface area contributed by atoms with Gasteiger partial charge < -0.3 is 9.47 Å². The van der Waals surface area contributed by atoms with Crippen LogP contribution < -0.4 is 4.74 Å². The number of rotatable bonds is 5. The summed E-state index contributed by atoms with van der Waals surface area (Å²) in [4.78, 5) is 21.7. The van der Waals surface area contributed by atoms with Crippen molar-refractivity contribution in [3.8, 4) is 5.75 Å². The number of carbonyl (C=O) groups excluding carboxylic acids is 2. The van der Waals surface area contributed by atoms with E-state index < -0.39 is 11.2 Å². The molecule has 1 rings (SSSR count). The predicted octanol–water partition coefficient (Wildman–Crippen LogP) is 2.01. The molecule has 0 atom stereocenters. The molecule has 0 saturated carbocycles. The second-order valence-electron chi connectivity index (χ2n) is 2.89. The van der Waals surface area contributed by atoms with Gasteiger partial charge >= 0.3 is 5.97 Å². The standard InChI is InChI=1S/C11H11ClO4/c1-2-15-10(13)7-16-9-5-3-8(4-6-9)11(12)14/h3-6H,2,7H2,1H3. The Bertz CT molecular complexity index is 372. The molecule has 0 aliphatic carbocycles. The lowest BCUT2D eigenvalue weighted by Crippen LogP contribution is -2.14. The fourth-order valence-electron chi connectivity index (χ4n) is 1.03. The van der Waals surface area contributed by atoms with Crippen LogP contribution in [0.2, 0.25) is 0 Å². The van der Waals surface area contributed by atoms with Gasteiger partial charge in [0.15, 0.2) is 6.61 Å². The van der Waals surface area contributed by atoms with Gasteiger partial charge in [0.1, 0.15) is 5.75 Å². The number of hydrogen-bond acceptors (Lipinski definition) is 4. The van der Waals surface area contributed by atoms with Crippen LogP contribution in [0, 0.1) is 0 Å². The van der Waals surface area contributed by atoms with Gasteiger partial charge in [-0.1, -0.05) is 0 Å². The lowest BCUT2D eigenvalue weighted by Gasteiger charge is -2.05. The normalized spacial score (nSPS) is 9.62. The van der Waals surface area contributed by atoms with Crippen LogP contribution in [0.3, 0.4) is 0 Å². The number of hydrogen-bond donors (Lipinski definition) is 0. The lowest BCUT2D eigenvalue weighted by atomic mass is 10.2. The molecule has 0 aromatic heterocycles. The Morgan fingerprint density at radius 3 is 2.38 bits per heavy atom. The molecule has 0 spiro atoms. The molecule has 5 heteroatoms. The van der Waals surface area contributed by atoms with Crippen LogP contribution in [0.25, 0.3) is 0 Å². The van der Waals surface area contributed by atoms with Gasteiger partial charge in [-0.2, -0.15) is 0 Å². The van der Waals surface area contributed by atoms with Gasteiger partial charge in [-0.15, -0.1) is 0 Å². The monoisotopic (exact) mass is 242 g/mol. The number of carbonyl (C=O) groups is 2. The topological polar surface area (TPSA) is 52.6 Å². The van der Waals surface area contributed by atoms with Crippen LogP contribution in [-0.4, -0.2) is 24.4 Å². The second-order valence-corrected chi connectivity index (χ2v) is 3.24.